The van der Waals surface area contributed by atoms with Crippen molar-refractivity contribution in [1.82, 2.24) is 19.9 Å². The third kappa shape index (κ3) is 10.2. The number of carbonyl (C=O) groups excluding carboxylic acids is 3. The number of nitrogens with zero attached hydrogens (tertiary/aromatic N) is 2. The molecule has 2 heterocycles. The number of hydrogen-bond donors (Lipinski definition) is 3. The van der Waals surface area contributed by atoms with Crippen LogP contribution in [0.2, 0.25) is 0 Å². The van der Waals surface area contributed by atoms with Gasteiger partial charge in [0.1, 0.15) is 25.1 Å². The van der Waals surface area contributed by atoms with Crippen molar-refractivity contribution in [3.63, 3.8) is 0 Å². The second-order valence-corrected chi connectivity index (χ2v) is 13.2. The van der Waals surface area contributed by atoms with Gasteiger partial charge in [0.25, 0.3) is 0 Å². The third-order valence-electron chi connectivity index (χ3n) is 7.90. The highest BCUT2D eigenvalue weighted by molar-refractivity contribution is 7.89. The number of anilines is 1. The third-order valence-corrected chi connectivity index (χ3v) is 9.52. The highest BCUT2D eigenvalue weighted by atomic mass is 32.2. The van der Waals surface area contributed by atoms with Gasteiger partial charge in [-0.1, -0.05) is 42.5 Å². The van der Waals surface area contributed by atoms with E-state index >= 15 is 0 Å². The molecule has 0 saturated carbocycles. The molecule has 0 spiro atoms. The second kappa shape index (κ2) is 17.0. The van der Waals surface area contributed by atoms with E-state index in [1.54, 1.807) is 50.1 Å². The van der Waals surface area contributed by atoms with Crippen molar-refractivity contribution in [1.29, 1.82) is 0 Å². The number of benzene rings is 2. The molecule has 1 saturated heterocycles. The van der Waals surface area contributed by atoms with Crippen molar-refractivity contribution in [3.05, 3.63) is 89.1 Å². The van der Waals surface area contributed by atoms with E-state index in [9.17, 15) is 22.8 Å². The zero-order chi connectivity index (χ0) is 34.7. The lowest BCUT2D eigenvalue weighted by Gasteiger charge is -2.24. The number of sulfonamides is 1. The Morgan fingerprint density at radius 2 is 1.71 bits per heavy atom. The predicted molar refractivity (Wildman–Crippen MR) is 179 cm³/mol. The number of rotatable bonds is 15. The van der Waals surface area contributed by atoms with Gasteiger partial charge in [-0.3, -0.25) is 9.59 Å². The molecule has 258 valence electrons. The molecule has 14 heteroatoms. The van der Waals surface area contributed by atoms with Crippen molar-refractivity contribution in [2.45, 2.75) is 63.8 Å². The number of aromatic nitrogens is 1. The summed E-state index contributed by atoms with van der Waals surface area (Å²) in [4.78, 5) is 44.5. The van der Waals surface area contributed by atoms with Gasteiger partial charge in [-0.2, -0.15) is 4.72 Å². The maximum atomic E-state index is 13.3. The first-order chi connectivity index (χ1) is 23.0. The molecule has 0 aliphatic carbocycles. The molecule has 0 radical (unpaired) electrons. The molecule has 3 atom stereocenters. The molecule has 3 N–H and O–H groups in total. The van der Waals surface area contributed by atoms with E-state index in [-0.39, 0.29) is 43.8 Å². The highest BCUT2D eigenvalue weighted by Gasteiger charge is 2.37. The van der Waals surface area contributed by atoms with E-state index in [1.165, 1.54) is 0 Å². The van der Waals surface area contributed by atoms with Gasteiger partial charge in [0, 0.05) is 19.3 Å². The molecule has 1 aliphatic heterocycles. The van der Waals surface area contributed by atoms with Gasteiger partial charge in [-0.05, 0) is 74.6 Å². The SMILES string of the molecule is CCOC(=O)C(CNC(=O)COC1CC(CNc2ccccn2)N(C(=O)OCc2ccccc2)C1)NS(=O)(=O)c1cc(C)c(C)cc1C. The number of pyridine rings is 1. The van der Waals surface area contributed by atoms with Gasteiger partial charge in [0.05, 0.1) is 30.2 Å². The van der Waals surface area contributed by atoms with Gasteiger partial charge in [-0.25, -0.2) is 18.2 Å². The smallest absolute Gasteiger partial charge is 0.410 e. The van der Waals surface area contributed by atoms with Gasteiger partial charge < -0.3 is 29.7 Å². The van der Waals surface area contributed by atoms with Gasteiger partial charge in [0.15, 0.2) is 0 Å². The van der Waals surface area contributed by atoms with E-state index < -0.39 is 40.1 Å². The summed E-state index contributed by atoms with van der Waals surface area (Å²) in [5.41, 5.74) is 3.09. The lowest BCUT2D eigenvalue weighted by molar-refractivity contribution is -0.145. The predicted octanol–water partition coefficient (Wildman–Crippen LogP) is 3.24. The van der Waals surface area contributed by atoms with Crippen LogP contribution in [0.5, 0.6) is 0 Å². The Labute approximate surface area is 281 Å². The molecule has 2 aromatic carbocycles. The van der Waals surface area contributed by atoms with Crippen LogP contribution in [-0.2, 0) is 40.4 Å². The summed E-state index contributed by atoms with van der Waals surface area (Å²) in [6.07, 6.45) is 1.09. The Kier molecular flexibility index (Phi) is 12.9. The number of amides is 2. The van der Waals surface area contributed by atoms with Crippen LogP contribution < -0.4 is 15.4 Å². The summed E-state index contributed by atoms with van der Waals surface area (Å²) in [6.45, 7) is 6.92. The number of carbonyl (C=O) groups is 3. The number of hydrogen-bond acceptors (Lipinski definition) is 10. The summed E-state index contributed by atoms with van der Waals surface area (Å²) in [7, 11) is -4.13. The average Bonchev–Trinajstić information content (AvgIpc) is 3.49. The Balaban J connectivity index is 1.35. The van der Waals surface area contributed by atoms with Crippen molar-refractivity contribution in [2.75, 3.05) is 38.2 Å². The van der Waals surface area contributed by atoms with Crippen LogP contribution in [0.25, 0.3) is 0 Å². The Bertz CT molecular complexity index is 1660. The molecular formula is C34H43N5O8S. The summed E-state index contributed by atoms with van der Waals surface area (Å²) in [5.74, 6) is -0.745. The molecule has 3 unspecified atom stereocenters. The fraction of sp³-hybridized carbons (Fsp3) is 0.412. The second-order valence-electron chi connectivity index (χ2n) is 11.5. The normalized spacial score (nSPS) is 16.6. The van der Waals surface area contributed by atoms with Crippen LogP contribution >= 0.6 is 0 Å². The van der Waals surface area contributed by atoms with Crippen LogP contribution in [0.4, 0.5) is 10.6 Å². The minimum Gasteiger partial charge on any atom is -0.465 e. The zero-order valence-corrected chi connectivity index (χ0v) is 28.4. The monoisotopic (exact) mass is 681 g/mol. The quantitative estimate of drug-likeness (QED) is 0.203. The van der Waals surface area contributed by atoms with Crippen LogP contribution in [-0.4, -0.2) is 87.3 Å². The Morgan fingerprint density at radius 1 is 0.979 bits per heavy atom. The lowest BCUT2D eigenvalue weighted by atomic mass is 10.1. The van der Waals surface area contributed by atoms with Crippen LogP contribution in [0.3, 0.4) is 0 Å². The summed E-state index contributed by atoms with van der Waals surface area (Å²) in [6, 6.07) is 16.4. The van der Waals surface area contributed by atoms with Crippen molar-refractivity contribution < 1.29 is 37.0 Å². The van der Waals surface area contributed by atoms with Crippen molar-refractivity contribution in [2.24, 2.45) is 0 Å². The molecule has 1 fully saturated rings. The average molecular weight is 682 g/mol. The molecule has 1 aliphatic rings. The maximum Gasteiger partial charge on any atom is 0.410 e. The first-order valence-electron chi connectivity index (χ1n) is 15.7. The van der Waals surface area contributed by atoms with Crippen LogP contribution in [0.15, 0.2) is 71.8 Å². The van der Waals surface area contributed by atoms with E-state index in [2.05, 4.69) is 20.3 Å². The molecular weight excluding hydrogens is 638 g/mol. The number of nitrogens with one attached hydrogen (secondary N) is 3. The van der Waals surface area contributed by atoms with Gasteiger partial charge in [0.2, 0.25) is 15.9 Å². The number of likely N-dealkylation sites (tertiary alicyclic amines) is 1. The molecule has 48 heavy (non-hydrogen) atoms. The first kappa shape index (κ1) is 36.3. The Hall–Kier alpha value is -4.53. The fourth-order valence-corrected chi connectivity index (χ4v) is 6.75. The van der Waals surface area contributed by atoms with Gasteiger partial charge in [-0.15, -0.1) is 0 Å². The van der Waals surface area contributed by atoms with E-state index in [1.807, 2.05) is 49.4 Å². The lowest BCUT2D eigenvalue weighted by Crippen LogP contribution is -2.49. The van der Waals surface area contributed by atoms with Gasteiger partial charge >= 0.3 is 12.1 Å². The zero-order valence-electron chi connectivity index (χ0n) is 27.6. The first-order valence-corrected chi connectivity index (χ1v) is 17.2. The van der Waals surface area contributed by atoms with Crippen molar-refractivity contribution in [3.8, 4) is 0 Å². The fourth-order valence-electron chi connectivity index (χ4n) is 5.25. The van der Waals surface area contributed by atoms with Crippen molar-refractivity contribution >= 4 is 33.8 Å². The van der Waals surface area contributed by atoms with Crippen LogP contribution in [0, 0.1) is 20.8 Å². The molecule has 3 aromatic rings. The largest absolute Gasteiger partial charge is 0.465 e. The number of ether oxygens (including phenoxy) is 3. The van der Waals surface area contributed by atoms with E-state index in [0.29, 0.717) is 24.3 Å². The number of esters is 1. The molecule has 0 bridgehead atoms. The molecule has 1 aromatic heterocycles. The summed E-state index contributed by atoms with van der Waals surface area (Å²) in [5, 5.41) is 5.80. The standard InChI is InChI=1S/C34H43N5O8S/c1-5-45-33(41)29(38-48(43,44)30-16-24(3)23(2)15-25(30)4)19-37-32(40)22-46-28-17-27(18-36-31-13-9-10-14-35-31)39(20-28)34(42)47-21-26-11-7-6-8-12-26/h6-16,27-29,38H,5,17-22H2,1-4H3,(H,35,36)(H,37,40). The summed E-state index contributed by atoms with van der Waals surface area (Å²) < 4.78 is 45.4. The number of aryl methyl sites for hydroxylation is 3. The summed E-state index contributed by atoms with van der Waals surface area (Å²) >= 11 is 0. The minimum absolute atomic E-state index is 0.0269. The molecule has 13 nitrogen and oxygen atoms in total. The topological polar surface area (TPSA) is 165 Å². The molecule has 4 rings (SSSR count). The highest BCUT2D eigenvalue weighted by Crippen LogP contribution is 2.23. The molecule has 2 amide bonds. The minimum atomic E-state index is -4.13. The Morgan fingerprint density at radius 3 is 2.42 bits per heavy atom. The van der Waals surface area contributed by atoms with E-state index in [4.69, 9.17) is 14.2 Å². The maximum absolute atomic E-state index is 13.3. The van der Waals surface area contributed by atoms with Crippen LogP contribution in [0.1, 0.15) is 35.6 Å². The van der Waals surface area contributed by atoms with E-state index in [0.717, 1.165) is 16.7 Å².